The molecule has 0 saturated heterocycles. The third-order valence-corrected chi connectivity index (χ3v) is 4.68. The summed E-state index contributed by atoms with van der Waals surface area (Å²) in [5, 5.41) is 3.33. The van der Waals surface area contributed by atoms with Gasteiger partial charge in [0.2, 0.25) is 0 Å². The fraction of sp³-hybridized carbons (Fsp3) is 0.364. The molecule has 2 unspecified atom stereocenters. The highest BCUT2D eigenvalue weighted by Gasteiger charge is 2.45. The molecule has 0 amide bonds. The van der Waals surface area contributed by atoms with Gasteiger partial charge < -0.3 is 19.5 Å². The minimum atomic E-state index is -0.535. The fourth-order valence-corrected chi connectivity index (χ4v) is 3.40. The number of ether oxygens (including phenoxy) is 3. The number of nitrogens with one attached hydrogen (secondary N) is 1. The van der Waals surface area contributed by atoms with E-state index in [0.717, 1.165) is 22.6 Å². The zero-order valence-electron chi connectivity index (χ0n) is 16.0. The van der Waals surface area contributed by atoms with Gasteiger partial charge in [-0.1, -0.05) is 18.2 Å². The number of rotatable bonds is 7. The first-order valence-corrected chi connectivity index (χ1v) is 9.01. The molecule has 27 heavy (non-hydrogen) atoms. The maximum Gasteiger partial charge on any atom is 0.132 e. The molecule has 0 saturated carbocycles. The van der Waals surface area contributed by atoms with Gasteiger partial charge in [0.15, 0.2) is 0 Å². The summed E-state index contributed by atoms with van der Waals surface area (Å²) in [6.07, 6.45) is 1.18. The molecule has 0 radical (unpaired) electrons. The molecule has 0 aromatic heterocycles. The van der Waals surface area contributed by atoms with Gasteiger partial charge >= 0.3 is 0 Å². The molecule has 144 valence electrons. The SMILES string of the molecule is C=CCOC1C(OC)c2cc(NCc3cccc(F)c3)ccc2OC1(C)C. The molecule has 1 heterocycles. The van der Waals surface area contributed by atoms with E-state index in [1.807, 2.05) is 38.1 Å². The summed E-state index contributed by atoms with van der Waals surface area (Å²) in [7, 11) is 1.67. The van der Waals surface area contributed by atoms with Crippen LogP contribution in [0.25, 0.3) is 0 Å². The van der Waals surface area contributed by atoms with E-state index in [1.165, 1.54) is 12.1 Å². The van der Waals surface area contributed by atoms with Crippen LogP contribution in [-0.4, -0.2) is 25.4 Å². The van der Waals surface area contributed by atoms with E-state index in [2.05, 4.69) is 11.9 Å². The number of halogens is 1. The number of hydrogen-bond acceptors (Lipinski definition) is 4. The molecule has 0 fully saturated rings. The summed E-state index contributed by atoms with van der Waals surface area (Å²) in [6, 6.07) is 12.4. The van der Waals surface area contributed by atoms with Crippen molar-refractivity contribution in [3.63, 3.8) is 0 Å². The van der Waals surface area contributed by atoms with Crippen LogP contribution in [0.5, 0.6) is 5.75 Å². The van der Waals surface area contributed by atoms with E-state index in [4.69, 9.17) is 14.2 Å². The predicted molar refractivity (Wildman–Crippen MR) is 105 cm³/mol. The molecule has 1 aliphatic heterocycles. The number of anilines is 1. The third-order valence-electron chi connectivity index (χ3n) is 4.68. The van der Waals surface area contributed by atoms with Crippen LogP contribution in [0.2, 0.25) is 0 Å². The smallest absolute Gasteiger partial charge is 0.132 e. The highest BCUT2D eigenvalue weighted by molar-refractivity contribution is 5.53. The van der Waals surface area contributed by atoms with Crippen molar-refractivity contribution >= 4 is 5.69 Å². The lowest BCUT2D eigenvalue weighted by Crippen LogP contribution is -2.50. The Morgan fingerprint density at radius 2 is 2.07 bits per heavy atom. The predicted octanol–water partition coefficient (Wildman–Crippen LogP) is 4.87. The van der Waals surface area contributed by atoms with Crippen molar-refractivity contribution in [2.24, 2.45) is 0 Å². The first kappa shape index (κ1) is 19.4. The standard InChI is InChI=1S/C22H26FNO3/c1-5-11-26-21-20(25-4)18-13-17(9-10-19(18)27-22(21,2)3)24-14-15-7-6-8-16(23)12-15/h5-10,12-13,20-21,24H,1,11,14H2,2-4H3. The van der Waals surface area contributed by atoms with Gasteiger partial charge in [-0.15, -0.1) is 6.58 Å². The summed E-state index contributed by atoms with van der Waals surface area (Å²) < 4.78 is 31.3. The van der Waals surface area contributed by atoms with Crippen LogP contribution >= 0.6 is 0 Å². The summed E-state index contributed by atoms with van der Waals surface area (Å²) in [4.78, 5) is 0. The molecule has 0 bridgehead atoms. The topological polar surface area (TPSA) is 39.7 Å². The minimum Gasteiger partial charge on any atom is -0.485 e. The third kappa shape index (κ3) is 4.31. The van der Waals surface area contributed by atoms with Crippen molar-refractivity contribution in [2.75, 3.05) is 19.0 Å². The van der Waals surface area contributed by atoms with Crippen molar-refractivity contribution in [2.45, 2.75) is 38.2 Å². The second-order valence-corrected chi connectivity index (χ2v) is 7.14. The molecule has 3 rings (SSSR count). The molecule has 0 aliphatic carbocycles. The second kappa shape index (κ2) is 8.11. The zero-order chi connectivity index (χ0) is 19.4. The van der Waals surface area contributed by atoms with Crippen LogP contribution in [0.15, 0.2) is 55.1 Å². The van der Waals surface area contributed by atoms with Gasteiger partial charge in [-0.3, -0.25) is 0 Å². The maximum atomic E-state index is 13.4. The van der Waals surface area contributed by atoms with Crippen LogP contribution in [0.4, 0.5) is 10.1 Å². The molecule has 5 heteroatoms. The largest absolute Gasteiger partial charge is 0.485 e. The van der Waals surface area contributed by atoms with E-state index in [0.29, 0.717) is 13.2 Å². The monoisotopic (exact) mass is 371 g/mol. The number of methoxy groups -OCH3 is 1. The molecule has 0 spiro atoms. The summed E-state index contributed by atoms with van der Waals surface area (Å²) in [5.74, 6) is 0.540. The molecular formula is C22H26FNO3. The Hall–Kier alpha value is -2.37. The Morgan fingerprint density at radius 1 is 1.26 bits per heavy atom. The van der Waals surface area contributed by atoms with Gasteiger partial charge in [0.25, 0.3) is 0 Å². The fourth-order valence-electron chi connectivity index (χ4n) is 3.40. The number of hydrogen-bond donors (Lipinski definition) is 1. The van der Waals surface area contributed by atoms with Crippen LogP contribution < -0.4 is 10.1 Å². The van der Waals surface area contributed by atoms with Crippen LogP contribution in [0.1, 0.15) is 31.1 Å². The Balaban J connectivity index is 1.83. The van der Waals surface area contributed by atoms with Crippen molar-refractivity contribution in [1.29, 1.82) is 0 Å². The average Bonchev–Trinajstić information content (AvgIpc) is 2.64. The lowest BCUT2D eigenvalue weighted by atomic mass is 9.88. The summed E-state index contributed by atoms with van der Waals surface area (Å²) >= 11 is 0. The normalized spacial score (nSPS) is 20.4. The minimum absolute atomic E-state index is 0.239. The highest BCUT2D eigenvalue weighted by Crippen LogP contribution is 2.44. The quantitative estimate of drug-likeness (QED) is 0.705. The Morgan fingerprint density at radius 3 is 2.78 bits per heavy atom. The van der Waals surface area contributed by atoms with Crippen molar-refractivity contribution < 1.29 is 18.6 Å². The Labute approximate surface area is 159 Å². The number of benzene rings is 2. The molecule has 4 nitrogen and oxygen atoms in total. The van der Waals surface area contributed by atoms with Gasteiger partial charge in [0.05, 0.1) is 6.61 Å². The molecule has 2 atom stereocenters. The summed E-state index contributed by atoms with van der Waals surface area (Å²) in [5.41, 5.74) is 2.18. The Kier molecular flexibility index (Phi) is 5.82. The van der Waals surface area contributed by atoms with Crippen molar-refractivity contribution in [3.8, 4) is 5.75 Å². The van der Waals surface area contributed by atoms with Crippen molar-refractivity contribution in [1.82, 2.24) is 0 Å². The second-order valence-electron chi connectivity index (χ2n) is 7.14. The van der Waals surface area contributed by atoms with Crippen LogP contribution in [0.3, 0.4) is 0 Å². The summed E-state index contributed by atoms with van der Waals surface area (Å²) in [6.45, 7) is 8.65. The van der Waals surface area contributed by atoms with Gasteiger partial charge in [0, 0.05) is 24.9 Å². The average molecular weight is 371 g/mol. The van der Waals surface area contributed by atoms with E-state index >= 15 is 0 Å². The first-order valence-electron chi connectivity index (χ1n) is 9.01. The van der Waals surface area contributed by atoms with E-state index in [9.17, 15) is 4.39 Å². The van der Waals surface area contributed by atoms with Gasteiger partial charge in [-0.25, -0.2) is 4.39 Å². The molecular weight excluding hydrogens is 345 g/mol. The molecule has 2 aromatic rings. The Bertz CT molecular complexity index is 806. The lowest BCUT2D eigenvalue weighted by Gasteiger charge is -2.43. The number of fused-ring (bicyclic) bond motifs is 1. The molecule has 1 N–H and O–H groups in total. The highest BCUT2D eigenvalue weighted by atomic mass is 19.1. The van der Waals surface area contributed by atoms with Gasteiger partial charge in [0.1, 0.15) is 29.4 Å². The van der Waals surface area contributed by atoms with E-state index < -0.39 is 5.60 Å². The van der Waals surface area contributed by atoms with Gasteiger partial charge in [-0.05, 0) is 49.7 Å². The molecule has 2 aromatic carbocycles. The first-order chi connectivity index (χ1) is 12.9. The van der Waals surface area contributed by atoms with Gasteiger partial charge in [-0.2, -0.15) is 0 Å². The molecule has 1 aliphatic rings. The lowest BCUT2D eigenvalue weighted by molar-refractivity contribution is -0.148. The van der Waals surface area contributed by atoms with Crippen molar-refractivity contribution in [3.05, 3.63) is 72.1 Å². The van der Waals surface area contributed by atoms with Crippen LogP contribution in [-0.2, 0) is 16.0 Å². The zero-order valence-corrected chi connectivity index (χ0v) is 16.0. The van der Waals surface area contributed by atoms with E-state index in [1.54, 1.807) is 19.3 Å². The maximum absolute atomic E-state index is 13.4. The van der Waals surface area contributed by atoms with Crippen LogP contribution in [0, 0.1) is 5.82 Å². The van der Waals surface area contributed by atoms with E-state index in [-0.39, 0.29) is 18.0 Å².